The SMILES string of the molecule is CCCNc1ccc(C(=O)OC(C)C)cc1S(=O)(=O)Nc1ccc(Cl)cc1. The van der Waals surface area contributed by atoms with E-state index in [1.807, 2.05) is 6.92 Å². The van der Waals surface area contributed by atoms with Crippen molar-refractivity contribution in [2.45, 2.75) is 38.2 Å². The maximum atomic E-state index is 12.9. The third kappa shape index (κ3) is 5.87. The maximum absolute atomic E-state index is 12.9. The molecule has 27 heavy (non-hydrogen) atoms. The molecule has 0 unspecified atom stereocenters. The van der Waals surface area contributed by atoms with E-state index in [2.05, 4.69) is 10.0 Å². The summed E-state index contributed by atoms with van der Waals surface area (Å²) in [5.74, 6) is -0.574. The van der Waals surface area contributed by atoms with Crippen molar-refractivity contribution in [1.82, 2.24) is 0 Å². The molecule has 0 aliphatic carbocycles. The van der Waals surface area contributed by atoms with Gasteiger partial charge in [0.2, 0.25) is 0 Å². The maximum Gasteiger partial charge on any atom is 0.338 e. The number of sulfonamides is 1. The Morgan fingerprint density at radius 3 is 2.41 bits per heavy atom. The zero-order chi connectivity index (χ0) is 20.0. The van der Waals surface area contributed by atoms with Crippen LogP contribution in [0.25, 0.3) is 0 Å². The minimum absolute atomic E-state index is 0.0240. The van der Waals surface area contributed by atoms with E-state index in [0.29, 0.717) is 22.9 Å². The summed E-state index contributed by atoms with van der Waals surface area (Å²) in [6.07, 6.45) is 0.518. The van der Waals surface area contributed by atoms with E-state index >= 15 is 0 Å². The standard InChI is InChI=1S/C19H23ClN2O4S/c1-4-11-21-17-10-5-14(19(23)26-13(2)3)12-18(17)27(24,25)22-16-8-6-15(20)7-9-16/h5-10,12-13,21-22H,4,11H2,1-3H3. The Hall–Kier alpha value is -2.25. The van der Waals surface area contributed by atoms with Crippen LogP contribution in [-0.4, -0.2) is 27.0 Å². The fraction of sp³-hybridized carbons (Fsp3) is 0.316. The molecule has 0 aromatic heterocycles. The van der Waals surface area contributed by atoms with Crippen LogP contribution in [0.4, 0.5) is 11.4 Å². The average molecular weight is 411 g/mol. The van der Waals surface area contributed by atoms with Crippen molar-refractivity contribution in [2.24, 2.45) is 0 Å². The van der Waals surface area contributed by atoms with E-state index in [4.69, 9.17) is 16.3 Å². The van der Waals surface area contributed by atoms with Gasteiger partial charge in [-0.2, -0.15) is 0 Å². The second-order valence-electron chi connectivity index (χ2n) is 6.20. The van der Waals surface area contributed by atoms with Crippen LogP contribution in [0.2, 0.25) is 5.02 Å². The van der Waals surface area contributed by atoms with Crippen LogP contribution in [0, 0.1) is 0 Å². The van der Waals surface area contributed by atoms with Crippen LogP contribution in [0.15, 0.2) is 47.4 Å². The van der Waals surface area contributed by atoms with Gasteiger partial charge in [-0.05, 0) is 62.7 Å². The number of hydrogen-bond donors (Lipinski definition) is 2. The average Bonchev–Trinajstić information content (AvgIpc) is 2.61. The van der Waals surface area contributed by atoms with Gasteiger partial charge < -0.3 is 10.1 Å². The van der Waals surface area contributed by atoms with Gasteiger partial charge in [0.15, 0.2) is 0 Å². The van der Waals surface area contributed by atoms with Gasteiger partial charge in [0.25, 0.3) is 10.0 Å². The first-order valence-corrected chi connectivity index (χ1v) is 10.5. The summed E-state index contributed by atoms with van der Waals surface area (Å²) in [7, 11) is -3.94. The molecule has 0 bridgehead atoms. The molecule has 0 fully saturated rings. The molecule has 0 atom stereocenters. The van der Waals surface area contributed by atoms with Crippen molar-refractivity contribution in [2.75, 3.05) is 16.6 Å². The van der Waals surface area contributed by atoms with Crippen LogP contribution in [-0.2, 0) is 14.8 Å². The lowest BCUT2D eigenvalue weighted by Gasteiger charge is -2.15. The minimum Gasteiger partial charge on any atom is -0.459 e. The number of halogens is 1. The summed E-state index contributed by atoms with van der Waals surface area (Å²) >= 11 is 5.84. The Morgan fingerprint density at radius 1 is 1.15 bits per heavy atom. The fourth-order valence-corrected chi connectivity index (χ4v) is 3.68. The molecule has 2 aromatic rings. The molecule has 0 aliphatic rings. The molecular weight excluding hydrogens is 388 g/mol. The molecule has 0 radical (unpaired) electrons. The molecule has 0 amide bonds. The van der Waals surface area contributed by atoms with Crippen molar-refractivity contribution in [1.29, 1.82) is 0 Å². The van der Waals surface area contributed by atoms with E-state index in [0.717, 1.165) is 6.42 Å². The third-order valence-corrected chi connectivity index (χ3v) is 5.18. The van der Waals surface area contributed by atoms with E-state index in [9.17, 15) is 13.2 Å². The molecule has 146 valence electrons. The first-order chi connectivity index (χ1) is 12.7. The number of nitrogens with one attached hydrogen (secondary N) is 2. The Morgan fingerprint density at radius 2 is 1.81 bits per heavy atom. The molecule has 2 rings (SSSR count). The van der Waals surface area contributed by atoms with Gasteiger partial charge in [-0.1, -0.05) is 18.5 Å². The number of hydrogen-bond acceptors (Lipinski definition) is 5. The van der Waals surface area contributed by atoms with E-state index < -0.39 is 16.0 Å². The number of esters is 1. The first-order valence-electron chi connectivity index (χ1n) is 8.60. The molecule has 0 saturated heterocycles. The second kappa shape index (κ2) is 9.10. The van der Waals surface area contributed by atoms with Gasteiger partial charge in [-0.3, -0.25) is 4.72 Å². The van der Waals surface area contributed by atoms with Crippen molar-refractivity contribution >= 4 is 39.0 Å². The van der Waals surface area contributed by atoms with Crippen LogP contribution >= 0.6 is 11.6 Å². The molecule has 0 heterocycles. The van der Waals surface area contributed by atoms with Crippen LogP contribution in [0.3, 0.4) is 0 Å². The highest BCUT2D eigenvalue weighted by atomic mass is 35.5. The van der Waals surface area contributed by atoms with Crippen LogP contribution in [0.1, 0.15) is 37.6 Å². The Balaban J connectivity index is 2.42. The number of carbonyl (C=O) groups excluding carboxylic acids is 1. The largest absolute Gasteiger partial charge is 0.459 e. The van der Waals surface area contributed by atoms with Gasteiger partial charge in [-0.15, -0.1) is 0 Å². The lowest BCUT2D eigenvalue weighted by molar-refractivity contribution is 0.0377. The molecule has 0 aliphatic heterocycles. The summed E-state index contributed by atoms with van der Waals surface area (Å²) < 4.78 is 33.5. The third-order valence-electron chi connectivity index (χ3n) is 3.51. The highest BCUT2D eigenvalue weighted by Gasteiger charge is 2.22. The zero-order valence-corrected chi connectivity index (χ0v) is 17.0. The summed E-state index contributed by atoms with van der Waals surface area (Å²) in [6, 6.07) is 10.7. The number of rotatable bonds is 8. The Kier molecular flexibility index (Phi) is 7.10. The number of anilines is 2. The highest BCUT2D eigenvalue weighted by Crippen LogP contribution is 2.26. The molecule has 6 nitrogen and oxygen atoms in total. The predicted octanol–water partition coefficient (Wildman–Crippen LogP) is 4.53. The molecule has 0 saturated carbocycles. The topological polar surface area (TPSA) is 84.5 Å². The van der Waals surface area contributed by atoms with Crippen LogP contribution < -0.4 is 10.0 Å². The first kappa shape index (κ1) is 21.1. The molecular formula is C19H23ClN2O4S. The van der Waals surface area contributed by atoms with Gasteiger partial charge in [-0.25, -0.2) is 13.2 Å². The summed E-state index contributed by atoms with van der Waals surface area (Å²) in [4.78, 5) is 12.2. The van der Waals surface area contributed by atoms with Crippen molar-refractivity contribution in [3.63, 3.8) is 0 Å². The van der Waals surface area contributed by atoms with E-state index in [-0.39, 0.29) is 16.6 Å². The monoisotopic (exact) mass is 410 g/mol. The molecule has 2 N–H and O–H groups in total. The molecule has 8 heteroatoms. The van der Waals surface area contributed by atoms with E-state index in [1.165, 1.54) is 6.07 Å². The molecule has 0 spiro atoms. The van der Waals surface area contributed by atoms with Gasteiger partial charge in [0.1, 0.15) is 4.90 Å². The van der Waals surface area contributed by atoms with Gasteiger partial charge in [0, 0.05) is 17.3 Å². The minimum atomic E-state index is -3.94. The number of carbonyl (C=O) groups is 1. The summed E-state index contributed by atoms with van der Waals surface area (Å²) in [5, 5.41) is 3.58. The number of ether oxygens (including phenoxy) is 1. The van der Waals surface area contributed by atoms with Gasteiger partial charge >= 0.3 is 5.97 Å². The Labute approximate surface area is 164 Å². The normalized spacial score (nSPS) is 11.3. The van der Waals surface area contributed by atoms with Crippen molar-refractivity contribution < 1.29 is 17.9 Å². The fourth-order valence-electron chi connectivity index (χ4n) is 2.29. The lowest BCUT2D eigenvalue weighted by atomic mass is 10.2. The van der Waals surface area contributed by atoms with E-state index in [1.54, 1.807) is 50.2 Å². The predicted molar refractivity (Wildman–Crippen MR) is 108 cm³/mol. The summed E-state index contributed by atoms with van der Waals surface area (Å²) in [6.45, 7) is 6.03. The lowest BCUT2D eigenvalue weighted by Crippen LogP contribution is -2.18. The van der Waals surface area contributed by atoms with Crippen LogP contribution in [0.5, 0.6) is 0 Å². The summed E-state index contributed by atoms with van der Waals surface area (Å²) in [5.41, 5.74) is 0.956. The second-order valence-corrected chi connectivity index (χ2v) is 8.29. The quantitative estimate of drug-likeness (QED) is 0.624. The Bertz CT molecular complexity index is 896. The smallest absolute Gasteiger partial charge is 0.338 e. The van der Waals surface area contributed by atoms with Gasteiger partial charge in [0.05, 0.1) is 17.4 Å². The highest BCUT2D eigenvalue weighted by molar-refractivity contribution is 7.92. The van der Waals surface area contributed by atoms with Crippen molar-refractivity contribution in [3.8, 4) is 0 Å². The molecule has 2 aromatic carbocycles. The number of benzene rings is 2. The van der Waals surface area contributed by atoms with Crippen molar-refractivity contribution in [3.05, 3.63) is 53.1 Å². The zero-order valence-electron chi connectivity index (χ0n) is 15.5.